The molecule has 1 atom stereocenters. The fraction of sp³-hybridized carbons (Fsp3) is 0.294. The largest absolute Gasteiger partial charge is 0.508 e. The van der Waals surface area contributed by atoms with Crippen LogP contribution in [0.3, 0.4) is 0 Å². The van der Waals surface area contributed by atoms with Gasteiger partial charge < -0.3 is 10.4 Å². The Kier molecular flexibility index (Phi) is 3.70. The molecule has 0 aliphatic heterocycles. The number of phenolic OH excluding ortho intramolecular Hbond substituents is 1. The van der Waals surface area contributed by atoms with Crippen LogP contribution in [0, 0.1) is 5.82 Å². The molecule has 0 heterocycles. The molecule has 0 saturated heterocycles. The first-order valence-corrected chi connectivity index (χ1v) is 7.00. The van der Waals surface area contributed by atoms with Crippen LogP contribution < -0.4 is 5.32 Å². The Morgan fingerprint density at radius 1 is 1.15 bits per heavy atom. The lowest BCUT2D eigenvalue weighted by Gasteiger charge is -2.25. The number of benzene rings is 2. The molecule has 0 amide bonds. The van der Waals surface area contributed by atoms with E-state index in [4.69, 9.17) is 0 Å². The number of rotatable bonds is 3. The second-order valence-corrected chi connectivity index (χ2v) is 5.36. The molecule has 0 aromatic heterocycles. The van der Waals surface area contributed by atoms with Crippen molar-refractivity contribution in [2.24, 2.45) is 0 Å². The van der Waals surface area contributed by atoms with Gasteiger partial charge >= 0.3 is 0 Å². The van der Waals surface area contributed by atoms with E-state index in [-0.39, 0.29) is 11.6 Å². The number of fused-ring (bicyclic) bond motifs is 1. The van der Waals surface area contributed by atoms with Gasteiger partial charge in [0.25, 0.3) is 0 Å². The van der Waals surface area contributed by atoms with Crippen LogP contribution >= 0.6 is 0 Å². The summed E-state index contributed by atoms with van der Waals surface area (Å²) in [6.45, 7) is 0.496. The molecule has 3 rings (SSSR count). The van der Waals surface area contributed by atoms with Crippen LogP contribution in [-0.2, 0) is 19.4 Å². The highest BCUT2D eigenvalue weighted by Gasteiger charge is 2.17. The summed E-state index contributed by atoms with van der Waals surface area (Å²) in [6, 6.07) is 13.0. The van der Waals surface area contributed by atoms with Gasteiger partial charge in [0.1, 0.15) is 11.6 Å². The molecule has 20 heavy (non-hydrogen) atoms. The molecule has 1 aliphatic rings. The summed E-state index contributed by atoms with van der Waals surface area (Å²) in [4.78, 5) is 0. The average Bonchev–Trinajstić information content (AvgIpc) is 2.48. The normalized spacial score (nSPS) is 17.8. The third kappa shape index (κ3) is 2.83. The van der Waals surface area contributed by atoms with Gasteiger partial charge in [-0.1, -0.05) is 24.3 Å². The Morgan fingerprint density at radius 3 is 2.80 bits per heavy atom. The van der Waals surface area contributed by atoms with E-state index >= 15 is 0 Å². The number of phenols is 1. The average molecular weight is 271 g/mol. The van der Waals surface area contributed by atoms with Crippen LogP contribution in [0.1, 0.15) is 23.1 Å². The highest BCUT2D eigenvalue weighted by atomic mass is 19.1. The fourth-order valence-electron chi connectivity index (χ4n) is 2.82. The van der Waals surface area contributed by atoms with E-state index in [9.17, 15) is 9.50 Å². The van der Waals surface area contributed by atoms with Crippen LogP contribution in [0.2, 0.25) is 0 Å². The van der Waals surface area contributed by atoms with Crippen LogP contribution in [-0.4, -0.2) is 11.1 Å². The standard InChI is InChI=1S/C17H18FNO/c18-15-6-8-17(20)14(9-15)11-19-16-7-5-12-3-1-2-4-13(12)10-16/h1-4,6,8-9,16,19-20H,5,7,10-11H2. The van der Waals surface area contributed by atoms with Gasteiger partial charge in [-0.15, -0.1) is 0 Å². The second kappa shape index (κ2) is 5.63. The maximum atomic E-state index is 13.2. The molecule has 1 aliphatic carbocycles. The predicted octanol–water partition coefficient (Wildman–Crippen LogP) is 3.18. The van der Waals surface area contributed by atoms with Gasteiger partial charge in [-0.2, -0.15) is 0 Å². The zero-order valence-electron chi connectivity index (χ0n) is 11.3. The maximum absolute atomic E-state index is 13.2. The second-order valence-electron chi connectivity index (χ2n) is 5.36. The summed E-state index contributed by atoms with van der Waals surface area (Å²) in [7, 11) is 0. The number of aromatic hydroxyl groups is 1. The lowest BCUT2D eigenvalue weighted by Crippen LogP contribution is -2.34. The zero-order valence-corrected chi connectivity index (χ0v) is 11.3. The minimum absolute atomic E-state index is 0.148. The van der Waals surface area contributed by atoms with Gasteiger partial charge in [0.2, 0.25) is 0 Å². The molecule has 1 unspecified atom stereocenters. The minimum Gasteiger partial charge on any atom is -0.508 e. The zero-order chi connectivity index (χ0) is 13.9. The van der Waals surface area contributed by atoms with Crippen LogP contribution in [0.15, 0.2) is 42.5 Å². The van der Waals surface area contributed by atoms with E-state index < -0.39 is 0 Å². The van der Waals surface area contributed by atoms with E-state index in [0.717, 1.165) is 19.3 Å². The predicted molar refractivity (Wildman–Crippen MR) is 77.2 cm³/mol. The SMILES string of the molecule is Oc1ccc(F)cc1CNC1CCc2ccccc2C1. The summed E-state index contributed by atoms with van der Waals surface area (Å²) in [5.74, 6) is -0.163. The number of halogens is 1. The Morgan fingerprint density at radius 2 is 1.95 bits per heavy atom. The van der Waals surface area contributed by atoms with Gasteiger partial charge in [-0.25, -0.2) is 4.39 Å². The van der Waals surface area contributed by atoms with Crippen molar-refractivity contribution in [3.63, 3.8) is 0 Å². The van der Waals surface area contributed by atoms with Crippen molar-refractivity contribution in [2.75, 3.05) is 0 Å². The first-order valence-electron chi connectivity index (χ1n) is 7.00. The maximum Gasteiger partial charge on any atom is 0.123 e. The molecule has 0 saturated carbocycles. The highest BCUT2D eigenvalue weighted by molar-refractivity contribution is 5.33. The summed E-state index contributed by atoms with van der Waals surface area (Å²) >= 11 is 0. The Balaban J connectivity index is 1.64. The lowest BCUT2D eigenvalue weighted by molar-refractivity contribution is 0.435. The summed E-state index contributed by atoms with van der Waals surface area (Å²) in [5, 5.41) is 13.1. The summed E-state index contributed by atoms with van der Waals surface area (Å²) in [6.07, 6.45) is 3.14. The van der Waals surface area contributed by atoms with Crippen molar-refractivity contribution in [3.05, 3.63) is 65.0 Å². The molecule has 2 aromatic carbocycles. The van der Waals surface area contributed by atoms with Crippen LogP contribution in [0.5, 0.6) is 5.75 Å². The van der Waals surface area contributed by atoms with Gasteiger partial charge in [0.15, 0.2) is 0 Å². The topological polar surface area (TPSA) is 32.3 Å². The molecule has 0 spiro atoms. The van der Waals surface area contributed by atoms with Gasteiger partial charge in [0, 0.05) is 18.2 Å². The van der Waals surface area contributed by atoms with E-state index in [0.29, 0.717) is 18.2 Å². The number of nitrogens with one attached hydrogen (secondary N) is 1. The molecule has 104 valence electrons. The van der Waals surface area contributed by atoms with Crippen molar-refractivity contribution in [2.45, 2.75) is 31.8 Å². The fourth-order valence-corrected chi connectivity index (χ4v) is 2.82. The minimum atomic E-state index is -0.311. The summed E-state index contributed by atoms with van der Waals surface area (Å²) < 4.78 is 13.2. The van der Waals surface area contributed by atoms with Crippen molar-refractivity contribution < 1.29 is 9.50 Å². The van der Waals surface area contributed by atoms with Crippen molar-refractivity contribution in [1.29, 1.82) is 0 Å². The van der Waals surface area contributed by atoms with E-state index in [1.165, 1.54) is 29.3 Å². The monoisotopic (exact) mass is 271 g/mol. The summed E-state index contributed by atoms with van der Waals surface area (Å²) in [5.41, 5.74) is 3.43. The first-order chi connectivity index (χ1) is 9.72. The molecule has 0 fully saturated rings. The molecular formula is C17H18FNO. The van der Waals surface area contributed by atoms with Crippen LogP contribution in [0.4, 0.5) is 4.39 Å². The molecular weight excluding hydrogens is 253 g/mol. The van der Waals surface area contributed by atoms with Crippen molar-refractivity contribution in [1.82, 2.24) is 5.32 Å². The van der Waals surface area contributed by atoms with Gasteiger partial charge in [-0.05, 0) is 48.6 Å². The first kappa shape index (κ1) is 13.1. The highest BCUT2D eigenvalue weighted by Crippen LogP contribution is 2.22. The molecule has 3 heteroatoms. The number of hydrogen-bond acceptors (Lipinski definition) is 2. The molecule has 0 radical (unpaired) electrons. The molecule has 2 nitrogen and oxygen atoms in total. The van der Waals surface area contributed by atoms with E-state index in [1.807, 2.05) is 0 Å². The van der Waals surface area contributed by atoms with Crippen LogP contribution in [0.25, 0.3) is 0 Å². The Hall–Kier alpha value is -1.87. The Labute approximate surface area is 118 Å². The molecule has 0 bridgehead atoms. The van der Waals surface area contributed by atoms with E-state index in [1.54, 1.807) is 0 Å². The van der Waals surface area contributed by atoms with Crippen molar-refractivity contribution in [3.8, 4) is 5.75 Å². The number of hydrogen-bond donors (Lipinski definition) is 2. The van der Waals surface area contributed by atoms with Gasteiger partial charge in [0.05, 0.1) is 0 Å². The lowest BCUT2D eigenvalue weighted by atomic mass is 9.88. The number of aryl methyl sites for hydroxylation is 1. The van der Waals surface area contributed by atoms with Gasteiger partial charge in [-0.3, -0.25) is 0 Å². The molecule has 2 aromatic rings. The smallest absolute Gasteiger partial charge is 0.123 e. The third-order valence-corrected chi connectivity index (χ3v) is 3.97. The Bertz CT molecular complexity index is 612. The third-order valence-electron chi connectivity index (χ3n) is 3.97. The van der Waals surface area contributed by atoms with E-state index in [2.05, 4.69) is 29.6 Å². The quantitative estimate of drug-likeness (QED) is 0.898. The molecule has 2 N–H and O–H groups in total. The van der Waals surface area contributed by atoms with Crippen molar-refractivity contribution >= 4 is 0 Å².